The lowest BCUT2D eigenvalue weighted by atomic mass is 10.1. The van der Waals surface area contributed by atoms with Gasteiger partial charge in [0.05, 0.1) is 30.1 Å². The Bertz CT molecular complexity index is 792. The molecule has 0 fully saturated rings. The Labute approximate surface area is 125 Å². The first-order valence-corrected chi connectivity index (χ1v) is 8.28. The van der Waals surface area contributed by atoms with E-state index in [-0.39, 0.29) is 6.54 Å². The van der Waals surface area contributed by atoms with Crippen molar-refractivity contribution in [2.24, 2.45) is 0 Å². The van der Waals surface area contributed by atoms with E-state index in [0.29, 0.717) is 11.3 Å². The third-order valence-electron chi connectivity index (χ3n) is 3.07. The number of anilines is 1. The summed E-state index contributed by atoms with van der Waals surface area (Å²) in [5.41, 5.74) is 2.91. The molecule has 0 atom stereocenters. The van der Waals surface area contributed by atoms with Gasteiger partial charge in [0, 0.05) is 0 Å². The number of sulfonamides is 1. The number of nitrogens with zero attached hydrogens (tertiary/aromatic N) is 2. The molecular formula is C16H16N2O2S. The maximum absolute atomic E-state index is 12.1. The SMILES string of the molecule is Cc1cccc(CN(c2cccc(C#N)c2)S(C)(=O)=O)c1. The van der Waals surface area contributed by atoms with Gasteiger partial charge in [-0.25, -0.2) is 8.42 Å². The summed E-state index contributed by atoms with van der Waals surface area (Å²) in [6.45, 7) is 2.21. The molecule has 5 heteroatoms. The Morgan fingerprint density at radius 2 is 1.86 bits per heavy atom. The second-order valence-corrected chi connectivity index (χ2v) is 6.83. The van der Waals surface area contributed by atoms with E-state index in [4.69, 9.17) is 5.26 Å². The van der Waals surface area contributed by atoms with Crippen LogP contribution >= 0.6 is 0 Å². The lowest BCUT2D eigenvalue weighted by Crippen LogP contribution is -2.29. The van der Waals surface area contributed by atoms with E-state index >= 15 is 0 Å². The molecule has 0 unspecified atom stereocenters. The molecule has 0 aliphatic heterocycles. The minimum atomic E-state index is -3.43. The second kappa shape index (κ2) is 5.98. The Balaban J connectivity index is 2.42. The fourth-order valence-corrected chi connectivity index (χ4v) is 2.99. The lowest BCUT2D eigenvalue weighted by molar-refractivity contribution is 0.596. The van der Waals surface area contributed by atoms with Gasteiger partial charge in [-0.15, -0.1) is 0 Å². The van der Waals surface area contributed by atoms with Crippen molar-refractivity contribution in [3.05, 3.63) is 65.2 Å². The molecule has 21 heavy (non-hydrogen) atoms. The van der Waals surface area contributed by atoms with E-state index in [2.05, 4.69) is 0 Å². The fourth-order valence-electron chi connectivity index (χ4n) is 2.11. The van der Waals surface area contributed by atoms with Crippen molar-refractivity contribution in [3.63, 3.8) is 0 Å². The van der Waals surface area contributed by atoms with Crippen LogP contribution in [0.4, 0.5) is 5.69 Å². The average molecular weight is 300 g/mol. The number of rotatable bonds is 4. The molecule has 0 heterocycles. The molecule has 2 aromatic carbocycles. The Morgan fingerprint density at radius 1 is 1.14 bits per heavy atom. The summed E-state index contributed by atoms with van der Waals surface area (Å²) in [6.07, 6.45) is 1.17. The molecule has 0 spiro atoms. The van der Waals surface area contributed by atoms with Gasteiger partial charge >= 0.3 is 0 Å². The smallest absolute Gasteiger partial charge is 0.232 e. The summed E-state index contributed by atoms with van der Waals surface area (Å²) in [5.74, 6) is 0. The molecule has 2 rings (SSSR count). The van der Waals surface area contributed by atoms with Crippen LogP contribution in [0, 0.1) is 18.3 Å². The monoisotopic (exact) mass is 300 g/mol. The van der Waals surface area contributed by atoms with E-state index in [1.165, 1.54) is 10.6 Å². The van der Waals surface area contributed by atoms with Gasteiger partial charge in [-0.05, 0) is 30.7 Å². The topological polar surface area (TPSA) is 61.2 Å². The second-order valence-electron chi connectivity index (χ2n) is 4.92. The number of hydrogen-bond acceptors (Lipinski definition) is 3. The van der Waals surface area contributed by atoms with Crippen LogP contribution < -0.4 is 4.31 Å². The Hall–Kier alpha value is -2.32. The first-order valence-electron chi connectivity index (χ1n) is 6.43. The Morgan fingerprint density at radius 3 is 2.48 bits per heavy atom. The van der Waals surface area contributed by atoms with Crippen molar-refractivity contribution in [2.75, 3.05) is 10.6 Å². The zero-order valence-corrected chi connectivity index (χ0v) is 12.8. The van der Waals surface area contributed by atoms with Crippen LogP contribution in [0.15, 0.2) is 48.5 Å². The van der Waals surface area contributed by atoms with Gasteiger partial charge in [-0.3, -0.25) is 4.31 Å². The highest BCUT2D eigenvalue weighted by Crippen LogP contribution is 2.22. The van der Waals surface area contributed by atoms with Crippen molar-refractivity contribution in [2.45, 2.75) is 13.5 Å². The van der Waals surface area contributed by atoms with E-state index in [0.717, 1.165) is 11.1 Å². The number of benzene rings is 2. The molecule has 4 nitrogen and oxygen atoms in total. The summed E-state index contributed by atoms with van der Waals surface area (Å²) in [6, 6.07) is 16.3. The van der Waals surface area contributed by atoms with Crippen molar-refractivity contribution in [1.82, 2.24) is 0 Å². The van der Waals surface area contributed by atoms with Gasteiger partial charge in [0.25, 0.3) is 0 Å². The number of hydrogen-bond donors (Lipinski definition) is 0. The first kappa shape index (κ1) is 15.1. The molecule has 0 saturated heterocycles. The molecule has 0 radical (unpaired) electrons. The van der Waals surface area contributed by atoms with Crippen LogP contribution in [0.5, 0.6) is 0 Å². The van der Waals surface area contributed by atoms with Gasteiger partial charge < -0.3 is 0 Å². The average Bonchev–Trinajstić information content (AvgIpc) is 2.44. The summed E-state index contributed by atoms with van der Waals surface area (Å²) in [5, 5.41) is 8.95. The van der Waals surface area contributed by atoms with E-state index < -0.39 is 10.0 Å². The van der Waals surface area contributed by atoms with Crippen LogP contribution in [-0.2, 0) is 16.6 Å². The fraction of sp³-hybridized carbons (Fsp3) is 0.188. The van der Waals surface area contributed by atoms with Gasteiger partial charge in [0.2, 0.25) is 10.0 Å². The largest absolute Gasteiger partial charge is 0.266 e. The van der Waals surface area contributed by atoms with Gasteiger partial charge in [0.15, 0.2) is 0 Å². The van der Waals surface area contributed by atoms with Crippen LogP contribution in [0.25, 0.3) is 0 Å². The molecular weight excluding hydrogens is 284 g/mol. The summed E-state index contributed by atoms with van der Waals surface area (Å²) in [4.78, 5) is 0. The molecule has 108 valence electrons. The minimum Gasteiger partial charge on any atom is -0.266 e. The molecule has 0 amide bonds. The van der Waals surface area contributed by atoms with E-state index in [9.17, 15) is 8.42 Å². The minimum absolute atomic E-state index is 0.245. The quantitative estimate of drug-likeness (QED) is 0.872. The Kier molecular flexibility index (Phi) is 4.29. The summed E-state index contributed by atoms with van der Waals surface area (Å²) < 4.78 is 25.4. The van der Waals surface area contributed by atoms with Crippen LogP contribution in [0.3, 0.4) is 0 Å². The molecule has 0 aliphatic carbocycles. The first-order chi connectivity index (χ1) is 9.90. The van der Waals surface area contributed by atoms with E-state index in [1.807, 2.05) is 37.3 Å². The van der Waals surface area contributed by atoms with Gasteiger partial charge in [-0.2, -0.15) is 5.26 Å². The highest BCUT2D eigenvalue weighted by molar-refractivity contribution is 7.92. The summed E-state index contributed by atoms with van der Waals surface area (Å²) in [7, 11) is -3.43. The maximum atomic E-state index is 12.1. The van der Waals surface area contributed by atoms with Crippen LogP contribution in [0.2, 0.25) is 0 Å². The molecule has 0 N–H and O–H groups in total. The predicted octanol–water partition coefficient (Wildman–Crippen LogP) is 2.83. The number of nitriles is 1. The predicted molar refractivity (Wildman–Crippen MR) is 83.4 cm³/mol. The summed E-state index contributed by atoms with van der Waals surface area (Å²) >= 11 is 0. The molecule has 2 aromatic rings. The lowest BCUT2D eigenvalue weighted by Gasteiger charge is -2.22. The van der Waals surface area contributed by atoms with Gasteiger partial charge in [-0.1, -0.05) is 35.9 Å². The van der Waals surface area contributed by atoms with Gasteiger partial charge in [0.1, 0.15) is 0 Å². The molecule has 0 bridgehead atoms. The third kappa shape index (κ3) is 3.83. The van der Waals surface area contributed by atoms with Crippen LogP contribution in [-0.4, -0.2) is 14.7 Å². The maximum Gasteiger partial charge on any atom is 0.232 e. The highest BCUT2D eigenvalue weighted by atomic mass is 32.2. The normalized spacial score (nSPS) is 10.9. The third-order valence-corrected chi connectivity index (χ3v) is 4.21. The van der Waals surface area contributed by atoms with Crippen molar-refractivity contribution in [1.29, 1.82) is 5.26 Å². The standard InChI is InChI=1S/C16H16N2O2S/c1-13-5-3-7-15(9-13)12-18(21(2,19)20)16-8-4-6-14(10-16)11-17/h3-10H,12H2,1-2H3. The van der Waals surface area contributed by atoms with E-state index in [1.54, 1.807) is 24.3 Å². The zero-order chi connectivity index (χ0) is 15.5. The number of aryl methyl sites for hydroxylation is 1. The molecule has 0 aliphatic rings. The van der Waals surface area contributed by atoms with Crippen molar-refractivity contribution < 1.29 is 8.42 Å². The molecule has 0 aromatic heterocycles. The zero-order valence-electron chi connectivity index (χ0n) is 11.9. The van der Waals surface area contributed by atoms with Crippen LogP contribution in [0.1, 0.15) is 16.7 Å². The van der Waals surface area contributed by atoms with Crippen molar-refractivity contribution >= 4 is 15.7 Å². The molecule has 0 saturated carbocycles. The highest BCUT2D eigenvalue weighted by Gasteiger charge is 2.18. The van der Waals surface area contributed by atoms with Crippen molar-refractivity contribution in [3.8, 4) is 6.07 Å².